The first-order valence-electron chi connectivity index (χ1n) is 9.11. The number of hydrogen-bond donors (Lipinski definition) is 1. The molecule has 5 nitrogen and oxygen atoms in total. The van der Waals surface area contributed by atoms with Gasteiger partial charge in [-0.25, -0.2) is 4.79 Å². The Labute approximate surface area is 163 Å². The zero-order valence-electron chi connectivity index (χ0n) is 15.4. The number of rotatable bonds is 5. The molecule has 0 atom stereocenters. The highest BCUT2D eigenvalue weighted by atomic mass is 16.5. The molecule has 0 unspecified atom stereocenters. The number of carbonyl (C=O) groups is 1. The fourth-order valence-electron chi connectivity index (χ4n) is 3.05. The van der Waals surface area contributed by atoms with Gasteiger partial charge >= 0.3 is 5.97 Å². The fraction of sp³-hybridized carbons (Fsp3) is 0.0870. The molecule has 0 aliphatic carbocycles. The predicted octanol–water partition coefficient (Wildman–Crippen LogP) is 5.22. The van der Waals surface area contributed by atoms with Crippen LogP contribution in [0.2, 0.25) is 0 Å². The summed E-state index contributed by atoms with van der Waals surface area (Å²) < 4.78 is 5.04. The lowest BCUT2D eigenvalue weighted by atomic mass is 10.0. The molecular weight excluding hydrogens is 350 g/mol. The largest absolute Gasteiger partial charge is 0.462 e. The summed E-state index contributed by atoms with van der Waals surface area (Å²) >= 11 is 0. The van der Waals surface area contributed by atoms with Gasteiger partial charge in [-0.15, -0.1) is 10.2 Å². The molecule has 0 saturated carbocycles. The molecule has 1 aromatic heterocycles. The molecule has 28 heavy (non-hydrogen) atoms. The van der Waals surface area contributed by atoms with Crippen molar-refractivity contribution in [1.82, 2.24) is 10.2 Å². The van der Waals surface area contributed by atoms with Crippen molar-refractivity contribution in [2.45, 2.75) is 6.92 Å². The van der Waals surface area contributed by atoms with Crippen LogP contribution >= 0.6 is 0 Å². The molecule has 3 aromatic carbocycles. The van der Waals surface area contributed by atoms with E-state index in [0.717, 1.165) is 27.7 Å². The Morgan fingerprint density at radius 3 is 2.25 bits per heavy atom. The Hall–Kier alpha value is -3.73. The standard InChI is InChI=1S/C23H19N3O2/c1-2-28-23(27)17-14-12-16(13-15-17)21-19-10-6-7-11-20(19)22(26-25-21)24-18-8-4-3-5-9-18/h3-15H,2H2,1H3,(H,24,26). The molecule has 138 valence electrons. The van der Waals surface area contributed by atoms with Gasteiger partial charge in [-0.05, 0) is 31.2 Å². The minimum Gasteiger partial charge on any atom is -0.462 e. The smallest absolute Gasteiger partial charge is 0.338 e. The molecule has 0 aliphatic heterocycles. The first-order valence-corrected chi connectivity index (χ1v) is 9.11. The van der Waals surface area contributed by atoms with E-state index >= 15 is 0 Å². The molecule has 5 heteroatoms. The molecule has 4 rings (SSSR count). The quantitative estimate of drug-likeness (QED) is 0.489. The number of ether oxygens (including phenoxy) is 1. The van der Waals surface area contributed by atoms with E-state index in [9.17, 15) is 4.79 Å². The third-order valence-corrected chi connectivity index (χ3v) is 4.39. The summed E-state index contributed by atoms with van der Waals surface area (Å²) in [5.74, 6) is 0.376. The highest BCUT2D eigenvalue weighted by Gasteiger charge is 2.12. The van der Waals surface area contributed by atoms with Crippen LogP contribution in [0.5, 0.6) is 0 Å². The van der Waals surface area contributed by atoms with Crippen LogP contribution in [0.4, 0.5) is 11.5 Å². The van der Waals surface area contributed by atoms with Crippen LogP contribution in [0.3, 0.4) is 0 Å². The lowest BCUT2D eigenvalue weighted by Gasteiger charge is -2.11. The van der Waals surface area contributed by atoms with Crippen LogP contribution in [0.1, 0.15) is 17.3 Å². The van der Waals surface area contributed by atoms with Crippen molar-refractivity contribution in [1.29, 1.82) is 0 Å². The van der Waals surface area contributed by atoms with Crippen LogP contribution in [0, 0.1) is 0 Å². The zero-order valence-corrected chi connectivity index (χ0v) is 15.4. The summed E-state index contributed by atoms with van der Waals surface area (Å²) in [5, 5.41) is 14.2. The summed E-state index contributed by atoms with van der Waals surface area (Å²) in [7, 11) is 0. The van der Waals surface area contributed by atoms with Gasteiger partial charge < -0.3 is 10.1 Å². The van der Waals surface area contributed by atoms with Crippen molar-refractivity contribution in [3.8, 4) is 11.3 Å². The normalized spacial score (nSPS) is 10.6. The van der Waals surface area contributed by atoms with E-state index in [4.69, 9.17) is 4.74 Å². The average molecular weight is 369 g/mol. The Morgan fingerprint density at radius 1 is 0.857 bits per heavy atom. The van der Waals surface area contributed by atoms with Crippen molar-refractivity contribution in [3.05, 3.63) is 84.4 Å². The minimum atomic E-state index is -0.326. The number of nitrogens with zero attached hydrogens (tertiary/aromatic N) is 2. The first-order chi connectivity index (χ1) is 13.8. The van der Waals surface area contributed by atoms with Gasteiger partial charge in [0.2, 0.25) is 0 Å². The Morgan fingerprint density at radius 2 is 1.54 bits per heavy atom. The van der Waals surface area contributed by atoms with Gasteiger partial charge in [0.1, 0.15) is 5.69 Å². The van der Waals surface area contributed by atoms with E-state index in [1.807, 2.05) is 66.7 Å². The number of anilines is 2. The van der Waals surface area contributed by atoms with E-state index in [2.05, 4.69) is 15.5 Å². The Bertz CT molecular complexity index is 1110. The lowest BCUT2D eigenvalue weighted by molar-refractivity contribution is 0.0526. The van der Waals surface area contributed by atoms with Crippen LogP contribution in [0.15, 0.2) is 78.9 Å². The SMILES string of the molecule is CCOC(=O)c1ccc(-c2nnc(Nc3ccccc3)c3ccccc23)cc1. The highest BCUT2D eigenvalue weighted by molar-refractivity contribution is 6.01. The maximum atomic E-state index is 11.9. The molecule has 1 N–H and O–H groups in total. The number of fused-ring (bicyclic) bond motifs is 1. The number of aromatic nitrogens is 2. The van der Waals surface area contributed by atoms with Crippen molar-refractivity contribution >= 4 is 28.2 Å². The van der Waals surface area contributed by atoms with Gasteiger partial charge in [-0.3, -0.25) is 0 Å². The van der Waals surface area contributed by atoms with Gasteiger partial charge in [0.25, 0.3) is 0 Å². The molecule has 0 fully saturated rings. The molecule has 0 aliphatic rings. The van der Waals surface area contributed by atoms with Gasteiger partial charge in [0, 0.05) is 22.0 Å². The topological polar surface area (TPSA) is 64.1 Å². The summed E-state index contributed by atoms with van der Waals surface area (Å²) in [5.41, 5.74) is 3.13. The van der Waals surface area contributed by atoms with E-state index in [0.29, 0.717) is 18.0 Å². The number of benzene rings is 3. The van der Waals surface area contributed by atoms with Gasteiger partial charge in [-0.2, -0.15) is 0 Å². The lowest BCUT2D eigenvalue weighted by Crippen LogP contribution is -2.04. The maximum absolute atomic E-state index is 11.9. The van der Waals surface area contributed by atoms with E-state index in [1.54, 1.807) is 19.1 Å². The monoisotopic (exact) mass is 369 g/mol. The molecule has 0 amide bonds. The van der Waals surface area contributed by atoms with E-state index in [-0.39, 0.29) is 5.97 Å². The van der Waals surface area contributed by atoms with Gasteiger partial charge in [-0.1, -0.05) is 54.6 Å². The van der Waals surface area contributed by atoms with Crippen LogP contribution in [-0.2, 0) is 4.74 Å². The highest BCUT2D eigenvalue weighted by Crippen LogP contribution is 2.31. The van der Waals surface area contributed by atoms with Crippen LogP contribution < -0.4 is 5.32 Å². The third kappa shape index (κ3) is 3.55. The van der Waals surface area contributed by atoms with Gasteiger partial charge in [0.15, 0.2) is 5.82 Å². The summed E-state index contributed by atoms with van der Waals surface area (Å²) in [6, 6.07) is 25.1. The third-order valence-electron chi connectivity index (χ3n) is 4.39. The van der Waals surface area contributed by atoms with Gasteiger partial charge in [0.05, 0.1) is 12.2 Å². The number of esters is 1. The molecule has 1 heterocycles. The molecule has 0 spiro atoms. The fourth-order valence-corrected chi connectivity index (χ4v) is 3.05. The van der Waals surface area contributed by atoms with E-state index < -0.39 is 0 Å². The van der Waals surface area contributed by atoms with Crippen molar-refractivity contribution in [3.63, 3.8) is 0 Å². The molecule has 0 radical (unpaired) electrons. The van der Waals surface area contributed by atoms with Crippen molar-refractivity contribution in [2.75, 3.05) is 11.9 Å². The molecular formula is C23H19N3O2. The average Bonchev–Trinajstić information content (AvgIpc) is 2.75. The number of carbonyl (C=O) groups excluding carboxylic acids is 1. The summed E-state index contributed by atoms with van der Waals surface area (Å²) in [6.45, 7) is 2.14. The second kappa shape index (κ2) is 7.88. The summed E-state index contributed by atoms with van der Waals surface area (Å²) in [6.07, 6.45) is 0. The second-order valence-electron chi connectivity index (χ2n) is 6.23. The minimum absolute atomic E-state index is 0.326. The first kappa shape index (κ1) is 17.7. The number of para-hydroxylation sites is 1. The summed E-state index contributed by atoms with van der Waals surface area (Å²) in [4.78, 5) is 11.9. The Kier molecular flexibility index (Phi) is 4.97. The molecule has 4 aromatic rings. The number of hydrogen-bond acceptors (Lipinski definition) is 5. The van der Waals surface area contributed by atoms with E-state index in [1.165, 1.54) is 0 Å². The van der Waals surface area contributed by atoms with Crippen LogP contribution in [-0.4, -0.2) is 22.8 Å². The Balaban J connectivity index is 1.73. The van der Waals surface area contributed by atoms with Crippen molar-refractivity contribution in [2.24, 2.45) is 0 Å². The zero-order chi connectivity index (χ0) is 19.3. The van der Waals surface area contributed by atoms with Crippen molar-refractivity contribution < 1.29 is 9.53 Å². The maximum Gasteiger partial charge on any atom is 0.338 e. The van der Waals surface area contributed by atoms with Crippen LogP contribution in [0.25, 0.3) is 22.0 Å². The predicted molar refractivity (Wildman–Crippen MR) is 111 cm³/mol. The molecule has 0 bridgehead atoms. The number of nitrogens with one attached hydrogen (secondary N) is 1. The second-order valence-corrected chi connectivity index (χ2v) is 6.23. The molecule has 0 saturated heterocycles.